The molecule has 1 aliphatic heterocycles. The molecule has 1 aromatic rings. The summed E-state index contributed by atoms with van der Waals surface area (Å²) >= 11 is 0. The minimum Gasteiger partial charge on any atom is -0.342 e. The van der Waals surface area contributed by atoms with Crippen LogP contribution in [0.3, 0.4) is 0 Å². The minimum absolute atomic E-state index is 0.0415. The lowest BCUT2D eigenvalue weighted by molar-refractivity contribution is -0.137. The number of hydrogen-bond donors (Lipinski definition) is 1. The van der Waals surface area contributed by atoms with Crippen molar-refractivity contribution in [2.45, 2.75) is 32.6 Å². The predicted octanol–water partition coefficient (Wildman–Crippen LogP) is 1.86. The van der Waals surface area contributed by atoms with Gasteiger partial charge in [0.1, 0.15) is 0 Å². The fourth-order valence-corrected chi connectivity index (χ4v) is 3.51. The van der Waals surface area contributed by atoms with E-state index in [0.717, 1.165) is 17.7 Å². The second-order valence-corrected chi connectivity index (χ2v) is 8.20. The third-order valence-electron chi connectivity index (χ3n) is 5.21. The van der Waals surface area contributed by atoms with Crippen LogP contribution < -0.4 is 5.32 Å². The molecule has 6 nitrogen and oxygen atoms in total. The van der Waals surface area contributed by atoms with E-state index in [0.29, 0.717) is 32.6 Å². The molecule has 3 amide bonds. The number of piperazine rings is 1. The quantitative estimate of drug-likeness (QED) is 0.836. The van der Waals surface area contributed by atoms with Gasteiger partial charge >= 0.3 is 0 Å². The Labute approximate surface area is 154 Å². The number of carbonyl (C=O) groups excluding carboxylic acids is 3. The van der Waals surface area contributed by atoms with E-state index < -0.39 is 0 Å². The van der Waals surface area contributed by atoms with E-state index in [1.807, 2.05) is 24.3 Å². The molecule has 140 valence electrons. The van der Waals surface area contributed by atoms with E-state index >= 15 is 0 Å². The van der Waals surface area contributed by atoms with Crippen LogP contribution in [-0.2, 0) is 19.8 Å². The average molecular weight is 357 g/mol. The minimum atomic E-state index is -0.250. The summed E-state index contributed by atoms with van der Waals surface area (Å²) in [6.07, 6.45) is 1.43. The lowest BCUT2D eigenvalue weighted by Gasteiger charge is -2.32. The summed E-state index contributed by atoms with van der Waals surface area (Å²) in [5.74, 6) is -0.509. The molecule has 3 rings (SSSR count). The molecule has 6 heteroatoms. The molecule has 0 spiro atoms. The summed E-state index contributed by atoms with van der Waals surface area (Å²) < 4.78 is 0. The molecule has 0 radical (unpaired) electrons. The lowest BCUT2D eigenvalue weighted by Crippen LogP contribution is -2.48. The Bertz CT molecular complexity index is 702. The normalized spacial score (nSPS) is 22.7. The Morgan fingerprint density at radius 3 is 2.35 bits per heavy atom. The molecule has 0 bridgehead atoms. The maximum atomic E-state index is 12.6. The highest BCUT2D eigenvalue weighted by molar-refractivity contribution is 6.00. The van der Waals surface area contributed by atoms with Crippen molar-refractivity contribution >= 4 is 23.9 Å². The van der Waals surface area contributed by atoms with Gasteiger partial charge in [0, 0.05) is 31.9 Å². The zero-order valence-electron chi connectivity index (χ0n) is 15.7. The van der Waals surface area contributed by atoms with Crippen LogP contribution in [-0.4, -0.2) is 54.2 Å². The van der Waals surface area contributed by atoms with Crippen LogP contribution in [0.4, 0.5) is 5.69 Å². The second-order valence-electron chi connectivity index (χ2n) is 8.20. The van der Waals surface area contributed by atoms with Crippen LogP contribution in [0.15, 0.2) is 24.3 Å². The molecule has 2 unspecified atom stereocenters. The molecule has 2 atom stereocenters. The van der Waals surface area contributed by atoms with E-state index in [-0.39, 0.29) is 29.1 Å². The van der Waals surface area contributed by atoms with Gasteiger partial charge in [-0.3, -0.25) is 14.4 Å². The van der Waals surface area contributed by atoms with Gasteiger partial charge in [-0.25, -0.2) is 0 Å². The van der Waals surface area contributed by atoms with Gasteiger partial charge in [0.15, 0.2) is 0 Å². The molecular formula is C20H27N3O3. The highest BCUT2D eigenvalue weighted by Gasteiger charge is 2.49. The molecule has 1 heterocycles. The fraction of sp³-hybridized carbons (Fsp3) is 0.550. The zero-order valence-corrected chi connectivity index (χ0v) is 15.7. The Balaban J connectivity index is 1.58. The molecule has 2 aliphatic rings. The first kappa shape index (κ1) is 18.4. The van der Waals surface area contributed by atoms with E-state index in [2.05, 4.69) is 26.1 Å². The standard InChI is InChI=1S/C20H27N3O3/c1-20(2,3)16-6-4-5-7-17(16)21-18(25)14-12-15(14)19(26)23-10-8-22(13-24)9-11-23/h4-7,13-15H,8-12H2,1-3H3,(H,21,25). The number of hydrogen-bond acceptors (Lipinski definition) is 3. The largest absolute Gasteiger partial charge is 0.342 e. The highest BCUT2D eigenvalue weighted by Crippen LogP contribution is 2.41. The lowest BCUT2D eigenvalue weighted by atomic mass is 9.86. The molecule has 1 saturated carbocycles. The SMILES string of the molecule is CC(C)(C)c1ccccc1NC(=O)C1CC1C(=O)N1CCN(C=O)CC1. The van der Waals surface area contributed by atoms with Gasteiger partial charge in [-0.05, 0) is 23.5 Å². The van der Waals surface area contributed by atoms with Crippen molar-refractivity contribution in [2.75, 3.05) is 31.5 Å². The summed E-state index contributed by atoms with van der Waals surface area (Å²) in [5, 5.41) is 3.02. The molecule has 26 heavy (non-hydrogen) atoms. The van der Waals surface area contributed by atoms with Crippen molar-refractivity contribution in [1.29, 1.82) is 0 Å². The number of amides is 3. The molecule has 1 aliphatic carbocycles. The molecule has 2 fully saturated rings. The van der Waals surface area contributed by atoms with E-state index in [1.54, 1.807) is 9.80 Å². The topological polar surface area (TPSA) is 69.7 Å². The number of benzene rings is 1. The van der Waals surface area contributed by atoms with Gasteiger partial charge in [0.25, 0.3) is 0 Å². The summed E-state index contributed by atoms with van der Waals surface area (Å²) in [6.45, 7) is 8.57. The van der Waals surface area contributed by atoms with Gasteiger partial charge in [-0.2, -0.15) is 0 Å². The summed E-state index contributed by atoms with van der Waals surface area (Å²) in [4.78, 5) is 39.4. The van der Waals surface area contributed by atoms with Gasteiger partial charge in [-0.15, -0.1) is 0 Å². The first-order valence-corrected chi connectivity index (χ1v) is 9.20. The Morgan fingerprint density at radius 2 is 1.73 bits per heavy atom. The maximum absolute atomic E-state index is 12.6. The molecular weight excluding hydrogens is 330 g/mol. The van der Waals surface area contributed by atoms with Crippen LogP contribution >= 0.6 is 0 Å². The highest BCUT2D eigenvalue weighted by atomic mass is 16.2. The Morgan fingerprint density at radius 1 is 1.08 bits per heavy atom. The average Bonchev–Trinajstić information content (AvgIpc) is 3.41. The van der Waals surface area contributed by atoms with Crippen LogP contribution in [0, 0.1) is 11.8 Å². The van der Waals surface area contributed by atoms with Gasteiger partial charge < -0.3 is 15.1 Å². The predicted molar refractivity (Wildman–Crippen MR) is 99.6 cm³/mol. The number of para-hydroxylation sites is 1. The number of rotatable bonds is 4. The van der Waals surface area contributed by atoms with Crippen molar-refractivity contribution in [3.63, 3.8) is 0 Å². The summed E-state index contributed by atoms with van der Waals surface area (Å²) in [7, 11) is 0. The first-order valence-electron chi connectivity index (χ1n) is 9.20. The number of carbonyl (C=O) groups is 3. The number of nitrogens with one attached hydrogen (secondary N) is 1. The van der Waals surface area contributed by atoms with E-state index in [4.69, 9.17) is 0 Å². The maximum Gasteiger partial charge on any atom is 0.228 e. The molecule has 0 aromatic heterocycles. The molecule has 1 aromatic carbocycles. The van der Waals surface area contributed by atoms with Crippen LogP contribution in [0.2, 0.25) is 0 Å². The van der Waals surface area contributed by atoms with Gasteiger partial charge in [0.2, 0.25) is 18.2 Å². The van der Waals surface area contributed by atoms with Gasteiger partial charge in [0.05, 0.1) is 11.8 Å². The van der Waals surface area contributed by atoms with Crippen molar-refractivity contribution in [3.05, 3.63) is 29.8 Å². The van der Waals surface area contributed by atoms with Crippen molar-refractivity contribution in [2.24, 2.45) is 11.8 Å². The first-order chi connectivity index (χ1) is 12.3. The van der Waals surface area contributed by atoms with Gasteiger partial charge in [-0.1, -0.05) is 39.0 Å². The zero-order chi connectivity index (χ0) is 18.9. The van der Waals surface area contributed by atoms with Crippen molar-refractivity contribution in [3.8, 4) is 0 Å². The Kier molecular flexibility index (Phi) is 5.03. The van der Waals surface area contributed by atoms with Crippen LogP contribution in [0.1, 0.15) is 32.8 Å². The summed E-state index contributed by atoms with van der Waals surface area (Å²) in [6, 6.07) is 7.82. The smallest absolute Gasteiger partial charge is 0.228 e. The van der Waals surface area contributed by atoms with Crippen molar-refractivity contribution < 1.29 is 14.4 Å². The molecule has 1 saturated heterocycles. The third-order valence-corrected chi connectivity index (χ3v) is 5.21. The molecule has 1 N–H and O–H groups in total. The third kappa shape index (κ3) is 3.89. The van der Waals surface area contributed by atoms with Crippen LogP contribution in [0.5, 0.6) is 0 Å². The summed E-state index contributed by atoms with van der Waals surface area (Å²) in [5.41, 5.74) is 1.84. The fourth-order valence-electron chi connectivity index (χ4n) is 3.51. The van der Waals surface area contributed by atoms with Crippen molar-refractivity contribution in [1.82, 2.24) is 9.80 Å². The second kappa shape index (κ2) is 7.09. The van der Waals surface area contributed by atoms with E-state index in [1.165, 1.54) is 0 Å². The van der Waals surface area contributed by atoms with E-state index in [9.17, 15) is 14.4 Å². The Hall–Kier alpha value is -2.37. The number of nitrogens with zero attached hydrogens (tertiary/aromatic N) is 2. The number of anilines is 1. The monoisotopic (exact) mass is 357 g/mol. The van der Waals surface area contributed by atoms with Crippen LogP contribution in [0.25, 0.3) is 0 Å².